The van der Waals surface area contributed by atoms with E-state index in [1.165, 1.54) is 0 Å². The molecule has 0 fully saturated rings. The highest BCUT2D eigenvalue weighted by Gasteiger charge is 2.29. The van der Waals surface area contributed by atoms with Crippen LogP contribution < -0.4 is 0 Å². The molecule has 0 radical (unpaired) electrons. The molecule has 0 aliphatic rings. The normalized spacial score (nSPS) is 14.7. The molecular weight excluding hydrogens is 143 g/mol. The monoisotopic (exact) mass is 160 g/mol. The van der Waals surface area contributed by atoms with Gasteiger partial charge in [0, 0.05) is 0 Å². The summed E-state index contributed by atoms with van der Waals surface area (Å²) in [5.74, 6) is 0.310. The van der Waals surface area contributed by atoms with Crippen LogP contribution in [0, 0.1) is 5.92 Å². The van der Waals surface area contributed by atoms with Gasteiger partial charge >= 0.3 is 7.32 Å². The van der Waals surface area contributed by atoms with Gasteiger partial charge in [-0.1, -0.05) is 20.3 Å². The average molecular weight is 160 g/mol. The molecule has 3 nitrogen and oxygen atoms in total. The molecule has 0 aliphatic heterocycles. The Bertz CT molecular complexity index is 114. The summed E-state index contributed by atoms with van der Waals surface area (Å²) in [6.07, 6.45) is 0.958. The molecule has 0 rings (SSSR count). The molecule has 1 atom stereocenters. The van der Waals surface area contributed by atoms with Crippen LogP contribution in [0.3, 0.4) is 0 Å². The summed E-state index contributed by atoms with van der Waals surface area (Å²) in [6, 6.07) is 0. The molecule has 0 aromatic carbocycles. The predicted molar refractivity (Wildman–Crippen MR) is 44.8 cm³/mol. The predicted octanol–water partition coefficient (Wildman–Crippen LogP) is 0.797. The minimum atomic E-state index is -1.67. The zero-order valence-electron chi connectivity index (χ0n) is 7.66. The summed E-state index contributed by atoms with van der Waals surface area (Å²) >= 11 is 0. The Labute approximate surface area is 68.6 Å². The molecule has 4 heteroatoms. The number of hydrogen-bond acceptors (Lipinski definition) is 3. The van der Waals surface area contributed by atoms with E-state index >= 15 is 0 Å². The summed E-state index contributed by atoms with van der Waals surface area (Å²) in [7, 11) is -1.67. The van der Waals surface area contributed by atoms with E-state index < -0.39 is 12.9 Å². The highest BCUT2D eigenvalue weighted by molar-refractivity contribution is 6.32. The lowest BCUT2D eigenvalue weighted by molar-refractivity contribution is 0.00542. The average Bonchev–Trinajstić information content (AvgIpc) is 1.83. The fourth-order valence-corrected chi connectivity index (χ4v) is 0.879. The van der Waals surface area contributed by atoms with Crippen LogP contribution in [-0.2, 0) is 4.65 Å². The van der Waals surface area contributed by atoms with Crippen LogP contribution in [0.1, 0.15) is 34.1 Å². The van der Waals surface area contributed by atoms with Crippen LogP contribution >= 0.6 is 0 Å². The van der Waals surface area contributed by atoms with E-state index in [0.717, 1.165) is 6.42 Å². The zero-order valence-corrected chi connectivity index (χ0v) is 7.66. The Balaban J connectivity index is 3.98. The van der Waals surface area contributed by atoms with Gasteiger partial charge in [-0.15, -0.1) is 0 Å². The second-order valence-electron chi connectivity index (χ2n) is 3.36. The van der Waals surface area contributed by atoms with E-state index in [9.17, 15) is 0 Å². The van der Waals surface area contributed by atoms with E-state index in [4.69, 9.17) is 14.7 Å². The summed E-state index contributed by atoms with van der Waals surface area (Å²) < 4.78 is 4.90. The zero-order chi connectivity index (χ0) is 9.07. The fourth-order valence-electron chi connectivity index (χ4n) is 0.879. The van der Waals surface area contributed by atoms with Gasteiger partial charge < -0.3 is 14.7 Å². The maximum Gasteiger partial charge on any atom is 0.634 e. The molecule has 11 heavy (non-hydrogen) atoms. The van der Waals surface area contributed by atoms with Crippen LogP contribution in [0.2, 0.25) is 0 Å². The molecular formula is C7H17BO3. The van der Waals surface area contributed by atoms with Crippen LogP contribution in [0.4, 0.5) is 0 Å². The minimum Gasteiger partial charge on any atom is -0.402 e. The summed E-state index contributed by atoms with van der Waals surface area (Å²) in [5.41, 5.74) is -0.469. The van der Waals surface area contributed by atoms with Gasteiger partial charge in [-0.05, 0) is 19.8 Å². The smallest absolute Gasteiger partial charge is 0.402 e. The molecule has 0 aromatic heterocycles. The van der Waals surface area contributed by atoms with Crippen molar-refractivity contribution in [3.05, 3.63) is 0 Å². The fraction of sp³-hybridized carbons (Fsp3) is 1.00. The lowest BCUT2D eigenvalue weighted by Gasteiger charge is -2.31. The third kappa shape index (κ3) is 3.75. The van der Waals surface area contributed by atoms with Gasteiger partial charge in [-0.2, -0.15) is 0 Å². The van der Waals surface area contributed by atoms with Crippen molar-refractivity contribution in [2.24, 2.45) is 5.92 Å². The van der Waals surface area contributed by atoms with E-state index in [2.05, 4.69) is 0 Å². The van der Waals surface area contributed by atoms with Gasteiger partial charge in [0.15, 0.2) is 0 Å². The second kappa shape index (κ2) is 4.09. The Morgan fingerprint density at radius 1 is 1.45 bits per heavy atom. The van der Waals surface area contributed by atoms with Gasteiger partial charge in [0.2, 0.25) is 0 Å². The van der Waals surface area contributed by atoms with Gasteiger partial charge in [-0.3, -0.25) is 0 Å². The first-order valence-electron chi connectivity index (χ1n) is 3.94. The largest absolute Gasteiger partial charge is 0.634 e. The van der Waals surface area contributed by atoms with Crippen molar-refractivity contribution in [3.8, 4) is 0 Å². The lowest BCUT2D eigenvalue weighted by atomic mass is 9.89. The van der Waals surface area contributed by atoms with Crippen molar-refractivity contribution in [1.29, 1.82) is 0 Å². The Hall–Kier alpha value is -0.0551. The molecule has 0 aromatic rings. The maximum absolute atomic E-state index is 8.57. The third-order valence-corrected chi connectivity index (χ3v) is 2.21. The second-order valence-corrected chi connectivity index (χ2v) is 3.36. The first-order chi connectivity index (χ1) is 4.90. The van der Waals surface area contributed by atoms with Crippen molar-refractivity contribution in [2.75, 3.05) is 0 Å². The van der Waals surface area contributed by atoms with Gasteiger partial charge in [0.25, 0.3) is 0 Å². The Morgan fingerprint density at radius 2 is 1.91 bits per heavy atom. The van der Waals surface area contributed by atoms with Crippen LogP contribution in [0.5, 0.6) is 0 Å². The topological polar surface area (TPSA) is 49.7 Å². The maximum atomic E-state index is 8.57. The molecule has 0 saturated carbocycles. The molecule has 0 bridgehead atoms. The highest BCUT2D eigenvalue weighted by atomic mass is 16.6. The lowest BCUT2D eigenvalue weighted by Crippen LogP contribution is -2.38. The first-order valence-corrected chi connectivity index (χ1v) is 3.94. The van der Waals surface area contributed by atoms with Gasteiger partial charge in [0.05, 0.1) is 5.60 Å². The Kier molecular flexibility index (Phi) is 4.07. The minimum absolute atomic E-state index is 0.310. The van der Waals surface area contributed by atoms with Crippen LogP contribution in [0.25, 0.3) is 0 Å². The van der Waals surface area contributed by atoms with E-state index in [0.29, 0.717) is 5.92 Å². The van der Waals surface area contributed by atoms with E-state index in [1.807, 2.05) is 27.7 Å². The Morgan fingerprint density at radius 3 is 2.18 bits per heavy atom. The summed E-state index contributed by atoms with van der Waals surface area (Å²) in [5, 5.41) is 17.1. The molecule has 0 aliphatic carbocycles. The SMILES string of the molecule is CCC(C)C(C)(C)OB(O)O. The molecule has 66 valence electrons. The van der Waals surface area contributed by atoms with Crippen molar-refractivity contribution in [2.45, 2.75) is 39.7 Å². The van der Waals surface area contributed by atoms with Crippen molar-refractivity contribution in [1.82, 2.24) is 0 Å². The molecule has 1 unspecified atom stereocenters. The third-order valence-electron chi connectivity index (χ3n) is 2.21. The standard InChI is InChI=1S/C7H17BO3/c1-5-6(2)7(3,4)11-8(9)10/h6,9-10H,5H2,1-4H3. The van der Waals surface area contributed by atoms with Crippen LogP contribution in [0.15, 0.2) is 0 Å². The van der Waals surface area contributed by atoms with Crippen molar-refractivity contribution >= 4 is 7.32 Å². The molecule has 0 amide bonds. The van der Waals surface area contributed by atoms with Crippen molar-refractivity contribution in [3.63, 3.8) is 0 Å². The number of hydrogen-bond donors (Lipinski definition) is 2. The molecule has 0 saturated heterocycles. The number of rotatable bonds is 4. The van der Waals surface area contributed by atoms with Gasteiger partial charge in [0.1, 0.15) is 0 Å². The van der Waals surface area contributed by atoms with Gasteiger partial charge in [-0.25, -0.2) is 0 Å². The summed E-state index contributed by atoms with van der Waals surface area (Å²) in [4.78, 5) is 0. The van der Waals surface area contributed by atoms with E-state index in [-0.39, 0.29) is 0 Å². The van der Waals surface area contributed by atoms with E-state index in [1.54, 1.807) is 0 Å². The van der Waals surface area contributed by atoms with Crippen molar-refractivity contribution < 1.29 is 14.7 Å². The highest BCUT2D eigenvalue weighted by Crippen LogP contribution is 2.23. The quantitative estimate of drug-likeness (QED) is 0.598. The molecule has 2 N–H and O–H groups in total. The molecule has 0 spiro atoms. The van der Waals surface area contributed by atoms with Crippen LogP contribution in [-0.4, -0.2) is 23.0 Å². The molecule has 0 heterocycles. The first kappa shape index (κ1) is 10.9. The summed E-state index contributed by atoms with van der Waals surface area (Å²) in [6.45, 7) is 7.75.